The van der Waals surface area contributed by atoms with Crippen molar-refractivity contribution in [3.05, 3.63) is 139 Å². The molecule has 0 aliphatic heterocycles. The second-order valence-electron chi connectivity index (χ2n) is 10.9. The monoisotopic (exact) mass is 956 g/mol. The predicted molar refractivity (Wildman–Crippen MR) is 177 cm³/mol. The van der Waals surface area contributed by atoms with E-state index >= 15 is 0 Å². The van der Waals surface area contributed by atoms with E-state index < -0.39 is 54.0 Å². The average molecular weight is 956 g/mol. The summed E-state index contributed by atoms with van der Waals surface area (Å²) in [7, 11) is -0.171. The van der Waals surface area contributed by atoms with Crippen molar-refractivity contribution in [2.75, 3.05) is 6.66 Å². The Hall–Kier alpha value is -3.51. The van der Waals surface area contributed by atoms with Crippen molar-refractivity contribution in [1.82, 2.24) is 0 Å². The fourth-order valence-electron chi connectivity index (χ4n) is 3.46. The van der Waals surface area contributed by atoms with Crippen LogP contribution in [-0.4, -0.2) is 57.2 Å². The number of hydrogen-bond donors (Lipinski definition) is 2. The van der Waals surface area contributed by atoms with Gasteiger partial charge in [-0.2, -0.15) is 52.7 Å². The Morgan fingerprint density at radius 3 is 0.962 bits per heavy atom. The molecule has 0 saturated heterocycles. The number of hydrogen-bond acceptors (Lipinski definition) is 3. The molecule has 0 atom stereocenters. The van der Waals surface area contributed by atoms with Crippen molar-refractivity contribution in [2.24, 2.45) is 0 Å². The number of allylic oxidation sites excluding steroid dienone is 1. The molecule has 17 heteroatoms. The predicted octanol–water partition coefficient (Wildman–Crippen LogP) is 9.82. The van der Waals surface area contributed by atoms with Gasteiger partial charge in [0.1, 0.15) is 0 Å². The van der Waals surface area contributed by atoms with Gasteiger partial charge in [0.05, 0.1) is 0 Å². The molecule has 0 unspecified atom stereocenters. The van der Waals surface area contributed by atoms with E-state index in [4.69, 9.17) is 10.2 Å². The third-order valence-corrected chi connectivity index (χ3v) is 9.99. The maximum atomic E-state index is 11.4. The summed E-state index contributed by atoms with van der Waals surface area (Å²) in [5, 5.41) is 18.8. The van der Waals surface area contributed by atoms with Crippen molar-refractivity contribution in [2.45, 2.75) is 49.8 Å². The van der Waals surface area contributed by atoms with Gasteiger partial charge in [0.25, 0.3) is 11.2 Å². The van der Waals surface area contributed by atoms with Gasteiger partial charge >= 0.3 is 134 Å². The van der Waals surface area contributed by atoms with Crippen LogP contribution in [0.2, 0.25) is 0 Å². The van der Waals surface area contributed by atoms with Crippen LogP contribution in [0.25, 0.3) is 5.57 Å². The van der Waals surface area contributed by atoms with Crippen LogP contribution in [0.15, 0.2) is 127 Å². The zero-order valence-electron chi connectivity index (χ0n) is 27.9. The maximum absolute atomic E-state index is 11.4. The second kappa shape index (κ2) is 20.2. The first-order chi connectivity index (χ1) is 24.3. The van der Waals surface area contributed by atoms with Crippen molar-refractivity contribution >= 4 is 28.5 Å². The second-order valence-corrected chi connectivity index (χ2v) is 14.7. The third kappa shape index (κ3) is 14.7. The van der Waals surface area contributed by atoms with Crippen LogP contribution in [0.1, 0.15) is 25.0 Å². The summed E-state index contributed by atoms with van der Waals surface area (Å²) in [6.45, 7) is 1.62. The van der Waals surface area contributed by atoms with E-state index in [9.17, 15) is 56.1 Å². The molecule has 53 heavy (non-hydrogen) atoms. The van der Waals surface area contributed by atoms with Gasteiger partial charge in [0.2, 0.25) is 0 Å². The van der Waals surface area contributed by atoms with Gasteiger partial charge < -0.3 is 10.2 Å². The van der Waals surface area contributed by atoms with Crippen LogP contribution in [0.4, 0.5) is 52.7 Å². The van der Waals surface area contributed by atoms with Crippen molar-refractivity contribution in [1.29, 1.82) is 0 Å². The molecule has 0 heterocycles. The van der Waals surface area contributed by atoms with E-state index in [-0.39, 0.29) is 21.8 Å². The van der Waals surface area contributed by atoms with E-state index in [2.05, 4.69) is 91.6 Å². The normalized spacial score (nSPS) is 12.1. The molecule has 0 aliphatic carbocycles. The van der Waals surface area contributed by atoms with Crippen molar-refractivity contribution in [3.8, 4) is 0 Å². The van der Waals surface area contributed by atoms with Crippen LogP contribution >= 0.6 is 7.92 Å². The number of alkyl halides is 12. The molecule has 3 nitrogen and oxygen atoms in total. The zero-order chi connectivity index (χ0) is 40.7. The Morgan fingerprint density at radius 1 is 0.509 bits per heavy atom. The van der Waals surface area contributed by atoms with Gasteiger partial charge in [-0.05, 0) is 39.0 Å². The van der Waals surface area contributed by atoms with Crippen LogP contribution in [0.3, 0.4) is 0 Å². The molecule has 0 saturated carbocycles. The zero-order valence-corrected chi connectivity index (χ0v) is 31.7. The van der Waals surface area contributed by atoms with Crippen LogP contribution < -0.4 is 10.6 Å². The summed E-state index contributed by atoms with van der Waals surface area (Å²) in [6, 6.07) is 41.7. The van der Waals surface area contributed by atoms with Gasteiger partial charge in [-0.15, -0.1) is 0 Å². The quantitative estimate of drug-likeness (QED) is 0.155. The van der Waals surface area contributed by atoms with Crippen LogP contribution in [0, 0.1) is 0 Å². The summed E-state index contributed by atoms with van der Waals surface area (Å²) in [5.74, 6) is 0. The molecule has 0 fully saturated rings. The molecule has 0 spiro atoms. The number of halogens is 12. The standard InChI is InChI=1S/C15H12.C13H13P.2C4H4F6O.O.W/c1-2-15(13-9-5-3-6-10-13)14-11-7-4-8-12-14;1-14(12-8-4-2-5-9-12)13-10-6-3-7-11-13;2*1-2(11,3(5,6)7)4(8,9)10;;/h1-12H;2-11H,1H3;2*11H,1H3;;. The molecule has 0 aromatic heterocycles. The third-order valence-electron chi connectivity index (χ3n) is 6.95. The van der Waals surface area contributed by atoms with Gasteiger partial charge in [0.15, 0.2) is 0 Å². The molecule has 4 aromatic carbocycles. The summed E-state index contributed by atoms with van der Waals surface area (Å²) in [4.78, 5) is 0. The number of rotatable bonds is 5. The molecular formula is C36H33F12O3PW. The summed E-state index contributed by atoms with van der Waals surface area (Å²) < 4.78 is 149. The van der Waals surface area contributed by atoms with E-state index in [1.807, 2.05) is 46.9 Å². The van der Waals surface area contributed by atoms with Gasteiger partial charge in [-0.25, -0.2) is 0 Å². The number of benzene rings is 4. The van der Waals surface area contributed by atoms with Crippen LogP contribution in [0.5, 0.6) is 0 Å². The first-order valence-electron chi connectivity index (χ1n) is 14.8. The Morgan fingerprint density at radius 2 is 0.755 bits per heavy atom. The van der Waals surface area contributed by atoms with E-state index in [0.29, 0.717) is 0 Å². The molecule has 2 N–H and O–H groups in total. The van der Waals surface area contributed by atoms with Gasteiger partial charge in [-0.3, -0.25) is 0 Å². The van der Waals surface area contributed by atoms with Crippen molar-refractivity contribution in [3.63, 3.8) is 0 Å². The van der Waals surface area contributed by atoms with E-state index in [0.717, 1.165) is 16.7 Å². The summed E-state index contributed by atoms with van der Waals surface area (Å²) in [5.41, 5.74) is -5.81. The Bertz CT molecular complexity index is 1570. The first-order valence-corrected chi connectivity index (χ1v) is 19.5. The Balaban J connectivity index is 0.000000361. The first kappa shape index (κ1) is 47.5. The molecule has 4 aromatic rings. The fraction of sp³-hybridized carbons (Fsp3) is 0.250. The molecule has 0 aliphatic rings. The minimum absolute atomic E-state index is 0.171. The molecular weight excluding hydrogens is 923 g/mol. The van der Waals surface area contributed by atoms with E-state index in [1.54, 1.807) is 0 Å². The SMILES string of the molecule is CC(O)(C(F)(F)F)C(F)(F)F.CC(O)(C(F)(F)F)C(F)(F)F.CP(c1ccccc1)c1ccccc1.[O]=[W]=[CH]C=C(c1ccccc1)c1ccccc1. The van der Waals surface area contributed by atoms with Gasteiger partial charge in [0, 0.05) is 0 Å². The average Bonchev–Trinajstić information content (AvgIpc) is 3.09. The minimum atomic E-state index is -5.69. The molecule has 290 valence electrons. The summed E-state index contributed by atoms with van der Waals surface area (Å²) in [6.07, 6.45) is -20.8. The molecule has 0 radical (unpaired) electrons. The Kier molecular flexibility index (Phi) is 18.1. The number of aliphatic hydroxyl groups is 2. The Labute approximate surface area is 307 Å². The topological polar surface area (TPSA) is 57.5 Å². The molecule has 0 amide bonds. The molecule has 4 rings (SSSR count). The fourth-order valence-corrected chi connectivity index (χ4v) is 5.69. The van der Waals surface area contributed by atoms with Crippen molar-refractivity contribution < 1.29 is 84.4 Å². The van der Waals surface area contributed by atoms with Gasteiger partial charge in [-0.1, -0.05) is 60.7 Å². The molecule has 0 bridgehead atoms. The van der Waals surface area contributed by atoms with Crippen LogP contribution in [-0.2, 0) is 21.5 Å². The summed E-state index contributed by atoms with van der Waals surface area (Å²) >= 11 is -1.51. The van der Waals surface area contributed by atoms with E-state index in [1.165, 1.54) is 10.6 Å².